The molecule has 0 bridgehead atoms. The molecule has 1 amide bonds. The Morgan fingerprint density at radius 2 is 2.38 bits per heavy atom. The minimum atomic E-state index is -0.143. The molecular formula is C13H19N5O3. The average molecular weight is 293 g/mol. The van der Waals surface area contributed by atoms with E-state index in [0.29, 0.717) is 25.5 Å². The van der Waals surface area contributed by atoms with E-state index < -0.39 is 0 Å². The summed E-state index contributed by atoms with van der Waals surface area (Å²) in [7, 11) is 1.65. The van der Waals surface area contributed by atoms with Crippen molar-refractivity contribution < 1.29 is 13.9 Å². The molecule has 0 aliphatic carbocycles. The van der Waals surface area contributed by atoms with Crippen molar-refractivity contribution in [3.63, 3.8) is 0 Å². The lowest BCUT2D eigenvalue weighted by atomic mass is 10.4. The Hall–Kier alpha value is -2.19. The number of carbonyl (C=O) groups is 1. The van der Waals surface area contributed by atoms with Crippen LogP contribution in [-0.4, -0.2) is 41.2 Å². The SMILES string of the molecule is COCCNCc1cn(CC(=O)NCc2ccco2)nn1. The highest BCUT2D eigenvalue weighted by Crippen LogP contribution is 1.98. The summed E-state index contributed by atoms with van der Waals surface area (Å²) in [6, 6.07) is 3.58. The number of nitrogens with zero attached hydrogens (tertiary/aromatic N) is 3. The number of furan rings is 1. The first-order valence-corrected chi connectivity index (χ1v) is 6.65. The lowest BCUT2D eigenvalue weighted by molar-refractivity contribution is -0.122. The zero-order valence-corrected chi connectivity index (χ0v) is 11.9. The number of aromatic nitrogens is 3. The van der Waals surface area contributed by atoms with Gasteiger partial charge in [0.1, 0.15) is 12.3 Å². The Bertz CT molecular complexity index is 538. The molecule has 2 aromatic heterocycles. The van der Waals surface area contributed by atoms with Crippen LogP contribution in [0.4, 0.5) is 0 Å². The molecule has 0 saturated carbocycles. The van der Waals surface area contributed by atoms with Crippen molar-refractivity contribution in [2.45, 2.75) is 19.6 Å². The molecule has 0 spiro atoms. The quantitative estimate of drug-likeness (QED) is 0.628. The molecule has 2 N–H and O–H groups in total. The van der Waals surface area contributed by atoms with E-state index in [9.17, 15) is 4.79 Å². The molecule has 21 heavy (non-hydrogen) atoms. The molecule has 2 heterocycles. The van der Waals surface area contributed by atoms with Gasteiger partial charge < -0.3 is 19.8 Å². The van der Waals surface area contributed by atoms with Gasteiger partial charge in [-0.2, -0.15) is 0 Å². The molecule has 8 nitrogen and oxygen atoms in total. The predicted octanol–water partition coefficient (Wildman–Crippen LogP) is -0.0765. The maximum Gasteiger partial charge on any atom is 0.242 e. The van der Waals surface area contributed by atoms with Crippen molar-refractivity contribution >= 4 is 5.91 Å². The molecule has 2 aromatic rings. The van der Waals surface area contributed by atoms with E-state index in [1.807, 2.05) is 0 Å². The highest BCUT2D eigenvalue weighted by atomic mass is 16.5. The summed E-state index contributed by atoms with van der Waals surface area (Å²) in [5.41, 5.74) is 0.782. The molecule has 0 fully saturated rings. The van der Waals surface area contributed by atoms with Crippen molar-refractivity contribution in [1.82, 2.24) is 25.6 Å². The number of nitrogens with one attached hydrogen (secondary N) is 2. The molecule has 0 aromatic carbocycles. The van der Waals surface area contributed by atoms with Crippen molar-refractivity contribution in [2.75, 3.05) is 20.3 Å². The van der Waals surface area contributed by atoms with E-state index in [4.69, 9.17) is 9.15 Å². The van der Waals surface area contributed by atoms with Gasteiger partial charge >= 0.3 is 0 Å². The Balaban J connectivity index is 1.70. The highest BCUT2D eigenvalue weighted by molar-refractivity contribution is 5.75. The first kappa shape index (κ1) is 15.2. The van der Waals surface area contributed by atoms with Gasteiger partial charge in [0, 0.05) is 20.2 Å². The molecule has 0 saturated heterocycles. The first-order valence-electron chi connectivity index (χ1n) is 6.65. The predicted molar refractivity (Wildman–Crippen MR) is 74.2 cm³/mol. The van der Waals surface area contributed by atoms with Crippen molar-refractivity contribution in [1.29, 1.82) is 0 Å². The topological polar surface area (TPSA) is 94.2 Å². The fourth-order valence-corrected chi connectivity index (χ4v) is 1.69. The minimum Gasteiger partial charge on any atom is -0.467 e. The van der Waals surface area contributed by atoms with E-state index in [-0.39, 0.29) is 12.5 Å². The molecule has 0 atom stereocenters. The summed E-state index contributed by atoms with van der Waals surface area (Å²) in [6.07, 6.45) is 3.31. The minimum absolute atomic E-state index is 0.131. The van der Waals surface area contributed by atoms with Crippen LogP contribution in [0.5, 0.6) is 0 Å². The standard InChI is InChI=1S/C13H19N5O3/c1-20-6-4-14-7-11-9-18(17-16-11)10-13(19)15-8-12-3-2-5-21-12/h2-3,5,9,14H,4,6-8,10H2,1H3,(H,15,19). The van der Waals surface area contributed by atoms with Gasteiger partial charge in [-0.3, -0.25) is 4.79 Å². The van der Waals surface area contributed by atoms with Crippen molar-refractivity contribution in [3.8, 4) is 0 Å². The first-order chi connectivity index (χ1) is 10.3. The molecule has 0 unspecified atom stereocenters. The Labute approximate surface area is 122 Å². The van der Waals surface area contributed by atoms with E-state index in [1.165, 1.54) is 4.68 Å². The maximum atomic E-state index is 11.7. The van der Waals surface area contributed by atoms with Gasteiger partial charge in [0.15, 0.2) is 0 Å². The van der Waals surface area contributed by atoms with Gasteiger partial charge in [-0.05, 0) is 12.1 Å². The van der Waals surface area contributed by atoms with Gasteiger partial charge in [0.05, 0.1) is 31.3 Å². The number of methoxy groups -OCH3 is 1. The van der Waals surface area contributed by atoms with Gasteiger partial charge in [0.2, 0.25) is 5.91 Å². The maximum absolute atomic E-state index is 11.7. The fraction of sp³-hybridized carbons (Fsp3) is 0.462. The van der Waals surface area contributed by atoms with Crippen LogP contribution < -0.4 is 10.6 Å². The van der Waals surface area contributed by atoms with Crippen LogP contribution in [0.2, 0.25) is 0 Å². The summed E-state index contributed by atoms with van der Waals surface area (Å²) < 4.78 is 11.6. The second-order valence-corrected chi connectivity index (χ2v) is 4.43. The van der Waals surface area contributed by atoms with Gasteiger partial charge in [0.25, 0.3) is 0 Å². The van der Waals surface area contributed by atoms with Crippen LogP contribution in [0.15, 0.2) is 29.0 Å². The van der Waals surface area contributed by atoms with E-state index in [0.717, 1.165) is 12.2 Å². The zero-order chi connectivity index (χ0) is 14.9. The third-order valence-corrected chi connectivity index (χ3v) is 2.72. The number of carbonyl (C=O) groups excluding carboxylic acids is 1. The molecule has 0 radical (unpaired) electrons. The number of hydrogen-bond donors (Lipinski definition) is 2. The lowest BCUT2D eigenvalue weighted by Gasteiger charge is -2.02. The van der Waals surface area contributed by atoms with Crippen LogP contribution in [0.25, 0.3) is 0 Å². The second kappa shape index (κ2) is 8.18. The fourth-order valence-electron chi connectivity index (χ4n) is 1.69. The van der Waals surface area contributed by atoms with E-state index in [1.54, 1.807) is 31.7 Å². The van der Waals surface area contributed by atoms with Crippen LogP contribution in [0.1, 0.15) is 11.5 Å². The third kappa shape index (κ3) is 5.36. The summed E-state index contributed by atoms with van der Waals surface area (Å²) in [5.74, 6) is 0.570. The summed E-state index contributed by atoms with van der Waals surface area (Å²) in [4.78, 5) is 11.7. The highest BCUT2D eigenvalue weighted by Gasteiger charge is 2.06. The van der Waals surface area contributed by atoms with Gasteiger partial charge in [-0.25, -0.2) is 4.68 Å². The summed E-state index contributed by atoms with van der Waals surface area (Å²) in [6.45, 7) is 2.48. The van der Waals surface area contributed by atoms with Gasteiger partial charge in [-0.1, -0.05) is 5.21 Å². The number of ether oxygens (including phenoxy) is 1. The van der Waals surface area contributed by atoms with Crippen LogP contribution in [0, 0.1) is 0 Å². The molecule has 114 valence electrons. The van der Waals surface area contributed by atoms with E-state index >= 15 is 0 Å². The molecule has 8 heteroatoms. The van der Waals surface area contributed by atoms with Crippen LogP contribution in [0.3, 0.4) is 0 Å². The Morgan fingerprint density at radius 1 is 1.48 bits per heavy atom. The monoisotopic (exact) mass is 293 g/mol. The number of amides is 1. The molecule has 2 rings (SSSR count). The number of rotatable bonds is 9. The summed E-state index contributed by atoms with van der Waals surface area (Å²) >= 11 is 0. The average Bonchev–Trinajstić information content (AvgIpc) is 3.13. The van der Waals surface area contributed by atoms with Gasteiger partial charge in [-0.15, -0.1) is 5.10 Å². The molecule has 0 aliphatic rings. The number of hydrogen-bond acceptors (Lipinski definition) is 6. The smallest absolute Gasteiger partial charge is 0.242 e. The Kier molecular flexibility index (Phi) is 5.92. The second-order valence-electron chi connectivity index (χ2n) is 4.43. The van der Waals surface area contributed by atoms with Crippen molar-refractivity contribution in [3.05, 3.63) is 36.0 Å². The molecular weight excluding hydrogens is 274 g/mol. The largest absolute Gasteiger partial charge is 0.467 e. The lowest BCUT2D eigenvalue weighted by Crippen LogP contribution is -2.27. The van der Waals surface area contributed by atoms with Crippen LogP contribution in [-0.2, 0) is 29.2 Å². The molecule has 0 aliphatic heterocycles. The normalized spacial score (nSPS) is 10.7. The van der Waals surface area contributed by atoms with Crippen LogP contribution >= 0.6 is 0 Å². The third-order valence-electron chi connectivity index (χ3n) is 2.72. The van der Waals surface area contributed by atoms with E-state index in [2.05, 4.69) is 20.9 Å². The van der Waals surface area contributed by atoms with Crippen molar-refractivity contribution in [2.24, 2.45) is 0 Å². The zero-order valence-electron chi connectivity index (χ0n) is 11.9. The Morgan fingerprint density at radius 3 is 3.14 bits per heavy atom. The summed E-state index contributed by atoms with van der Waals surface area (Å²) in [5, 5.41) is 13.8.